The van der Waals surface area contributed by atoms with Crippen molar-refractivity contribution in [1.82, 2.24) is 15.0 Å². The summed E-state index contributed by atoms with van der Waals surface area (Å²) in [5.74, 6) is -0.167. The SMILES string of the molecule is Nc1nc(P(=O)(O)OP(=O)(O)O)nc2[nH+]c[nH]c12. The molecular weight excluding hydrogens is 288 g/mol. The van der Waals surface area contributed by atoms with Gasteiger partial charge in [-0.25, -0.2) is 18.4 Å². The number of hydrogen-bond acceptors (Lipinski definition) is 6. The van der Waals surface area contributed by atoms with E-state index >= 15 is 0 Å². The van der Waals surface area contributed by atoms with Crippen molar-refractivity contribution in [3.8, 4) is 0 Å². The molecule has 2 aromatic rings. The Morgan fingerprint density at radius 1 is 1.33 bits per heavy atom. The first-order valence-electron chi connectivity index (χ1n) is 4.31. The van der Waals surface area contributed by atoms with Gasteiger partial charge in [0.1, 0.15) is 0 Å². The zero-order valence-corrected chi connectivity index (χ0v) is 10.3. The van der Waals surface area contributed by atoms with Crippen molar-refractivity contribution < 1.29 is 33.1 Å². The smallest absolute Gasteiger partial charge is 0.380 e. The van der Waals surface area contributed by atoms with Gasteiger partial charge in [-0.15, -0.1) is 0 Å². The molecule has 13 heteroatoms. The second kappa shape index (κ2) is 4.09. The number of nitrogens with one attached hydrogen (secondary N) is 2. The molecular formula is C5H8N5O6P2+. The number of fused-ring (bicyclic) bond motifs is 1. The minimum Gasteiger partial charge on any atom is -0.380 e. The van der Waals surface area contributed by atoms with E-state index in [2.05, 4.69) is 24.2 Å². The molecule has 2 aromatic heterocycles. The van der Waals surface area contributed by atoms with Gasteiger partial charge in [0.05, 0.1) is 0 Å². The largest absolute Gasteiger partial charge is 0.477 e. The van der Waals surface area contributed by atoms with E-state index in [1.54, 1.807) is 0 Å². The third kappa shape index (κ3) is 2.56. The van der Waals surface area contributed by atoms with E-state index < -0.39 is 21.0 Å². The minimum absolute atomic E-state index is 0.0982. The van der Waals surface area contributed by atoms with Crippen LogP contribution in [0.1, 0.15) is 0 Å². The van der Waals surface area contributed by atoms with E-state index in [-0.39, 0.29) is 17.0 Å². The standard InChI is InChI=1S/C5H7N5O6P2/c6-3-2-4(8-1-7-2)10-5(9-3)17(11,12)16-18(13,14)15/h1H,(H,11,12)(H2,13,14,15)(H3,6,7,8,9,10)/p+1. The lowest BCUT2D eigenvalue weighted by atomic mass is 10.5. The molecule has 0 saturated carbocycles. The summed E-state index contributed by atoms with van der Waals surface area (Å²) in [4.78, 5) is 38.7. The lowest BCUT2D eigenvalue weighted by Gasteiger charge is -2.08. The molecule has 0 aromatic carbocycles. The van der Waals surface area contributed by atoms with Crippen LogP contribution in [0.5, 0.6) is 0 Å². The Morgan fingerprint density at radius 3 is 2.61 bits per heavy atom. The molecule has 0 aliphatic carbocycles. The van der Waals surface area contributed by atoms with Crippen LogP contribution < -0.4 is 16.3 Å². The van der Waals surface area contributed by atoms with Gasteiger partial charge in [-0.2, -0.15) is 4.98 Å². The maximum atomic E-state index is 11.6. The summed E-state index contributed by atoms with van der Waals surface area (Å²) in [6, 6.07) is 0. The first-order chi connectivity index (χ1) is 8.19. The number of aromatic nitrogens is 4. The molecule has 1 unspecified atom stereocenters. The van der Waals surface area contributed by atoms with Crippen molar-refractivity contribution in [3.05, 3.63) is 6.33 Å². The van der Waals surface area contributed by atoms with Crippen LogP contribution in [-0.4, -0.2) is 29.6 Å². The van der Waals surface area contributed by atoms with Gasteiger partial charge in [-0.1, -0.05) is 4.98 Å². The lowest BCUT2D eigenvalue weighted by Crippen LogP contribution is -2.19. The van der Waals surface area contributed by atoms with Gasteiger partial charge >= 0.3 is 26.6 Å². The Balaban J connectivity index is 2.53. The van der Waals surface area contributed by atoms with E-state index in [0.29, 0.717) is 0 Å². The van der Waals surface area contributed by atoms with Gasteiger partial charge < -0.3 is 20.4 Å². The van der Waals surface area contributed by atoms with E-state index in [1.807, 2.05) is 0 Å². The van der Waals surface area contributed by atoms with Crippen LogP contribution in [0.3, 0.4) is 0 Å². The number of imidazole rings is 1. The Hall–Kier alpha value is -1.35. The number of aromatic amines is 2. The van der Waals surface area contributed by atoms with Gasteiger partial charge in [-0.3, -0.25) is 4.98 Å². The number of nitrogens with two attached hydrogens (primary N) is 1. The van der Waals surface area contributed by atoms with Crippen LogP contribution in [0.15, 0.2) is 6.33 Å². The number of H-pyrrole nitrogens is 2. The molecule has 11 nitrogen and oxygen atoms in total. The molecule has 0 spiro atoms. The van der Waals surface area contributed by atoms with E-state index in [1.165, 1.54) is 6.33 Å². The Morgan fingerprint density at radius 2 is 2.00 bits per heavy atom. The molecule has 2 rings (SSSR count). The Labute approximate surface area is 98.8 Å². The quantitative estimate of drug-likeness (QED) is 0.410. The van der Waals surface area contributed by atoms with Crippen molar-refractivity contribution in [1.29, 1.82) is 0 Å². The van der Waals surface area contributed by atoms with Crippen molar-refractivity contribution in [3.63, 3.8) is 0 Å². The van der Waals surface area contributed by atoms with E-state index in [0.717, 1.165) is 0 Å². The summed E-state index contributed by atoms with van der Waals surface area (Å²) in [5, 5.41) is 0. The normalized spacial score (nSPS) is 15.7. The first kappa shape index (κ1) is 13.1. The maximum Gasteiger partial charge on any atom is 0.477 e. The molecule has 0 bridgehead atoms. The third-order valence-electron chi connectivity index (χ3n) is 1.82. The predicted molar refractivity (Wildman–Crippen MR) is 57.4 cm³/mol. The van der Waals surface area contributed by atoms with Crippen molar-refractivity contribution >= 4 is 38.0 Å². The number of phosphoric acid groups is 1. The van der Waals surface area contributed by atoms with Gasteiger partial charge in [0.15, 0.2) is 12.1 Å². The first-order valence-corrected chi connectivity index (χ1v) is 7.42. The highest BCUT2D eigenvalue weighted by molar-refractivity contribution is 7.68. The summed E-state index contributed by atoms with van der Waals surface area (Å²) >= 11 is 0. The summed E-state index contributed by atoms with van der Waals surface area (Å²) in [5.41, 5.74) is 5.05. The van der Waals surface area contributed by atoms with Gasteiger partial charge in [0.2, 0.25) is 5.52 Å². The van der Waals surface area contributed by atoms with Crippen molar-refractivity contribution in [2.45, 2.75) is 0 Å². The van der Waals surface area contributed by atoms with Crippen LogP contribution in [0.4, 0.5) is 5.82 Å². The molecule has 0 amide bonds. The fraction of sp³-hybridized carbons (Fsp3) is 0. The average molecular weight is 296 g/mol. The minimum atomic E-state index is -5.17. The highest BCUT2D eigenvalue weighted by atomic mass is 31.3. The van der Waals surface area contributed by atoms with Crippen LogP contribution in [0.25, 0.3) is 11.2 Å². The second-order valence-corrected chi connectivity index (χ2v) is 6.23. The lowest BCUT2D eigenvalue weighted by molar-refractivity contribution is -0.347. The second-order valence-electron chi connectivity index (χ2n) is 3.16. The van der Waals surface area contributed by atoms with Crippen LogP contribution >= 0.6 is 15.4 Å². The summed E-state index contributed by atoms with van der Waals surface area (Å²) in [6.07, 6.45) is 1.35. The average Bonchev–Trinajstić information content (AvgIpc) is 2.61. The maximum absolute atomic E-state index is 11.6. The zero-order valence-electron chi connectivity index (χ0n) is 8.51. The molecule has 0 aliphatic heterocycles. The number of anilines is 1. The zero-order chi connectivity index (χ0) is 13.6. The molecule has 0 fully saturated rings. The summed E-state index contributed by atoms with van der Waals surface area (Å²) in [6.45, 7) is 0. The molecule has 2 heterocycles. The van der Waals surface area contributed by atoms with Crippen molar-refractivity contribution in [2.75, 3.05) is 5.73 Å². The molecule has 1 atom stereocenters. The third-order valence-corrected chi connectivity index (χ3v) is 4.26. The predicted octanol–water partition coefficient (Wildman–Crippen LogP) is -1.73. The number of nitrogen functional groups attached to an aromatic ring is 1. The monoisotopic (exact) mass is 296 g/mol. The molecule has 0 aliphatic rings. The van der Waals surface area contributed by atoms with E-state index in [4.69, 9.17) is 15.5 Å². The number of nitrogens with zero attached hydrogens (tertiary/aromatic N) is 2. The van der Waals surface area contributed by atoms with E-state index in [9.17, 15) is 14.0 Å². The highest BCUT2D eigenvalue weighted by Gasteiger charge is 2.39. The van der Waals surface area contributed by atoms with Crippen LogP contribution in [0.2, 0.25) is 0 Å². The molecule has 0 radical (unpaired) electrons. The fourth-order valence-electron chi connectivity index (χ4n) is 1.20. The highest BCUT2D eigenvalue weighted by Crippen LogP contribution is 2.55. The van der Waals surface area contributed by atoms with Gasteiger partial charge in [0.25, 0.3) is 0 Å². The van der Waals surface area contributed by atoms with Crippen LogP contribution in [-0.2, 0) is 13.4 Å². The summed E-state index contributed by atoms with van der Waals surface area (Å²) < 4.78 is 25.9. The molecule has 7 N–H and O–H groups in total. The van der Waals surface area contributed by atoms with Crippen LogP contribution in [0, 0.1) is 0 Å². The Kier molecular flexibility index (Phi) is 2.98. The van der Waals surface area contributed by atoms with Gasteiger partial charge in [-0.05, 0) is 0 Å². The van der Waals surface area contributed by atoms with Crippen molar-refractivity contribution in [2.24, 2.45) is 0 Å². The molecule has 18 heavy (non-hydrogen) atoms. The summed E-state index contributed by atoms with van der Waals surface area (Å²) in [7, 11) is -10.0. The molecule has 0 saturated heterocycles. The fourth-order valence-corrected chi connectivity index (χ4v) is 3.10. The van der Waals surface area contributed by atoms with Gasteiger partial charge in [0, 0.05) is 0 Å². The number of rotatable bonds is 3. The Bertz CT molecular complexity index is 693. The molecule has 98 valence electrons. The number of hydrogen-bond donors (Lipinski definition) is 5. The topological polar surface area (TPSA) is 186 Å².